The Morgan fingerprint density at radius 1 is 0.963 bits per heavy atom. The molecule has 1 atom stereocenters. The fourth-order valence-corrected chi connectivity index (χ4v) is 3.83. The van der Waals surface area contributed by atoms with Gasteiger partial charge < -0.3 is 10.6 Å². The lowest BCUT2D eigenvalue weighted by Gasteiger charge is -2.11. The van der Waals surface area contributed by atoms with Crippen LogP contribution < -0.4 is 15.4 Å². The van der Waals surface area contributed by atoms with E-state index in [2.05, 4.69) is 15.4 Å². The number of rotatable bonds is 6. The predicted octanol–water partition coefficient (Wildman–Crippen LogP) is 2.12. The van der Waals surface area contributed by atoms with E-state index < -0.39 is 27.8 Å². The fourth-order valence-electron chi connectivity index (χ4n) is 2.73. The van der Waals surface area contributed by atoms with Gasteiger partial charge in [0.25, 0.3) is 0 Å². The minimum absolute atomic E-state index is 0.0325. The van der Waals surface area contributed by atoms with Crippen LogP contribution in [0, 0.1) is 5.92 Å². The number of aryl methyl sites for hydroxylation is 1. The molecule has 0 fully saturated rings. The molecule has 2 amide bonds. The maximum Gasteiger partial charge on any atom is 0.240 e. The topological polar surface area (TPSA) is 104 Å². The number of benzene rings is 2. The zero-order valence-electron chi connectivity index (χ0n) is 14.9. The molecule has 3 N–H and O–H groups in total. The van der Waals surface area contributed by atoms with E-state index in [9.17, 15) is 18.0 Å². The number of anilines is 2. The second-order valence-electron chi connectivity index (χ2n) is 6.39. The lowest BCUT2D eigenvalue weighted by molar-refractivity contribution is -0.128. The van der Waals surface area contributed by atoms with Crippen LogP contribution in [-0.4, -0.2) is 26.8 Å². The molecule has 0 radical (unpaired) electrons. The van der Waals surface area contributed by atoms with Crippen molar-refractivity contribution in [1.82, 2.24) is 4.72 Å². The van der Waals surface area contributed by atoms with E-state index in [1.165, 1.54) is 25.1 Å². The number of hydrogen-bond acceptors (Lipinski definition) is 4. The summed E-state index contributed by atoms with van der Waals surface area (Å²) in [6.07, 6.45) is 1.44. The third-order valence-electron chi connectivity index (χ3n) is 4.38. The van der Waals surface area contributed by atoms with Gasteiger partial charge in [0, 0.05) is 6.54 Å². The molecule has 1 heterocycles. The molecule has 1 unspecified atom stereocenters. The third-order valence-corrected chi connectivity index (χ3v) is 5.84. The predicted molar refractivity (Wildman–Crippen MR) is 103 cm³/mol. The third kappa shape index (κ3) is 4.53. The normalized spacial score (nSPS) is 16.9. The minimum atomic E-state index is -3.72. The Hall–Kier alpha value is -2.71. The largest absolute Gasteiger partial charge is 0.324 e. The Bertz CT molecular complexity index is 958. The van der Waals surface area contributed by atoms with Crippen molar-refractivity contribution in [2.45, 2.75) is 24.7 Å². The van der Waals surface area contributed by atoms with Gasteiger partial charge in [0.1, 0.15) is 5.92 Å². The van der Waals surface area contributed by atoms with Gasteiger partial charge in [0.2, 0.25) is 21.8 Å². The Balaban J connectivity index is 1.67. The van der Waals surface area contributed by atoms with Crippen LogP contribution >= 0.6 is 0 Å². The van der Waals surface area contributed by atoms with Crippen molar-refractivity contribution in [3.63, 3.8) is 0 Å². The number of nitrogens with one attached hydrogen (secondary N) is 3. The van der Waals surface area contributed by atoms with Crippen LogP contribution in [0.25, 0.3) is 0 Å². The Kier molecular flexibility index (Phi) is 5.57. The number of fused-ring (bicyclic) bond motifs is 1. The van der Waals surface area contributed by atoms with Gasteiger partial charge in [-0.3, -0.25) is 9.59 Å². The highest BCUT2D eigenvalue weighted by atomic mass is 32.2. The van der Waals surface area contributed by atoms with Crippen molar-refractivity contribution in [2.24, 2.45) is 5.92 Å². The SMILES string of the molecule is CC1C(=O)Nc2ccc(S(=O)(=O)NCCCc3ccccc3)cc2NC1=O. The van der Waals surface area contributed by atoms with Crippen LogP contribution in [0.4, 0.5) is 11.4 Å². The average Bonchev–Trinajstić information content (AvgIpc) is 2.76. The molecule has 0 spiro atoms. The molecule has 0 bridgehead atoms. The van der Waals surface area contributed by atoms with Gasteiger partial charge in [-0.05, 0) is 43.5 Å². The summed E-state index contributed by atoms with van der Waals surface area (Å²) in [4.78, 5) is 23.8. The standard InChI is InChI=1S/C19H21N3O4S/c1-13-18(23)21-16-10-9-15(12-17(16)22-19(13)24)27(25,26)20-11-5-8-14-6-3-2-4-7-14/h2-4,6-7,9-10,12-13,20H,5,8,11H2,1H3,(H,21,23)(H,22,24). The summed E-state index contributed by atoms with van der Waals surface area (Å²) in [6, 6.07) is 14.1. The van der Waals surface area contributed by atoms with E-state index in [0.29, 0.717) is 18.7 Å². The average molecular weight is 387 g/mol. The molecule has 7 nitrogen and oxygen atoms in total. The summed E-state index contributed by atoms with van der Waals surface area (Å²) in [5, 5.41) is 5.20. The van der Waals surface area contributed by atoms with Gasteiger partial charge in [0.15, 0.2) is 0 Å². The monoisotopic (exact) mass is 387 g/mol. The van der Waals surface area contributed by atoms with Crippen LogP contribution in [0.3, 0.4) is 0 Å². The number of carbonyl (C=O) groups excluding carboxylic acids is 2. The molecular weight excluding hydrogens is 366 g/mol. The molecule has 8 heteroatoms. The lowest BCUT2D eigenvalue weighted by atomic mass is 10.1. The lowest BCUT2D eigenvalue weighted by Crippen LogP contribution is -2.28. The molecule has 0 aliphatic carbocycles. The molecule has 2 aromatic rings. The van der Waals surface area contributed by atoms with E-state index in [-0.39, 0.29) is 10.6 Å². The molecule has 27 heavy (non-hydrogen) atoms. The van der Waals surface area contributed by atoms with Gasteiger partial charge in [-0.2, -0.15) is 0 Å². The van der Waals surface area contributed by atoms with Crippen LogP contribution in [-0.2, 0) is 26.0 Å². The molecule has 1 aliphatic rings. The highest BCUT2D eigenvalue weighted by molar-refractivity contribution is 7.89. The summed E-state index contributed by atoms with van der Waals surface area (Å²) >= 11 is 0. The number of carbonyl (C=O) groups is 2. The van der Waals surface area contributed by atoms with Crippen LogP contribution in [0.2, 0.25) is 0 Å². The molecule has 0 saturated heterocycles. The summed E-state index contributed by atoms with van der Waals surface area (Å²) in [5.74, 6) is -1.76. The number of amides is 2. The molecular formula is C19H21N3O4S. The van der Waals surface area contributed by atoms with Gasteiger partial charge in [0.05, 0.1) is 16.3 Å². The van der Waals surface area contributed by atoms with Crippen molar-refractivity contribution in [3.05, 3.63) is 54.1 Å². The summed E-state index contributed by atoms with van der Waals surface area (Å²) < 4.78 is 27.6. The smallest absolute Gasteiger partial charge is 0.240 e. The van der Waals surface area contributed by atoms with Crippen molar-refractivity contribution in [3.8, 4) is 0 Å². The van der Waals surface area contributed by atoms with E-state index in [4.69, 9.17) is 0 Å². The van der Waals surface area contributed by atoms with E-state index >= 15 is 0 Å². The molecule has 3 rings (SSSR count). The molecule has 0 saturated carbocycles. The number of hydrogen-bond donors (Lipinski definition) is 3. The van der Waals surface area contributed by atoms with Gasteiger partial charge in [-0.15, -0.1) is 0 Å². The van der Waals surface area contributed by atoms with Crippen LogP contribution in [0.1, 0.15) is 18.9 Å². The van der Waals surface area contributed by atoms with E-state index in [0.717, 1.165) is 12.0 Å². The van der Waals surface area contributed by atoms with E-state index in [1.807, 2.05) is 30.3 Å². The quantitative estimate of drug-likeness (QED) is 0.522. The highest BCUT2D eigenvalue weighted by Gasteiger charge is 2.27. The molecule has 142 valence electrons. The Morgan fingerprint density at radius 3 is 2.33 bits per heavy atom. The Morgan fingerprint density at radius 2 is 1.63 bits per heavy atom. The number of sulfonamides is 1. The van der Waals surface area contributed by atoms with Crippen LogP contribution in [0.5, 0.6) is 0 Å². The molecule has 2 aromatic carbocycles. The zero-order valence-corrected chi connectivity index (χ0v) is 15.7. The molecule has 1 aliphatic heterocycles. The first-order valence-electron chi connectivity index (χ1n) is 8.66. The fraction of sp³-hybridized carbons (Fsp3) is 0.263. The van der Waals surface area contributed by atoms with Crippen molar-refractivity contribution in [2.75, 3.05) is 17.2 Å². The zero-order chi connectivity index (χ0) is 19.4. The Labute approximate surface area is 158 Å². The van der Waals surface area contributed by atoms with Crippen LogP contribution in [0.15, 0.2) is 53.4 Å². The second kappa shape index (κ2) is 7.89. The highest BCUT2D eigenvalue weighted by Crippen LogP contribution is 2.28. The first-order chi connectivity index (χ1) is 12.9. The van der Waals surface area contributed by atoms with Gasteiger partial charge in [-0.1, -0.05) is 30.3 Å². The summed E-state index contributed by atoms with van der Waals surface area (Å²) in [5.41, 5.74) is 1.79. The molecule has 0 aromatic heterocycles. The van der Waals surface area contributed by atoms with Crippen molar-refractivity contribution < 1.29 is 18.0 Å². The first kappa shape index (κ1) is 19.1. The maximum absolute atomic E-state index is 12.5. The van der Waals surface area contributed by atoms with Crippen molar-refractivity contribution in [1.29, 1.82) is 0 Å². The first-order valence-corrected chi connectivity index (χ1v) is 10.1. The van der Waals surface area contributed by atoms with Gasteiger partial charge >= 0.3 is 0 Å². The van der Waals surface area contributed by atoms with E-state index in [1.54, 1.807) is 0 Å². The summed E-state index contributed by atoms with van der Waals surface area (Å²) in [6.45, 7) is 1.79. The van der Waals surface area contributed by atoms with Gasteiger partial charge in [-0.25, -0.2) is 13.1 Å². The second-order valence-corrected chi connectivity index (χ2v) is 8.16. The summed E-state index contributed by atoms with van der Waals surface area (Å²) in [7, 11) is -3.72. The maximum atomic E-state index is 12.5. The minimum Gasteiger partial charge on any atom is -0.324 e. The van der Waals surface area contributed by atoms with Crippen molar-refractivity contribution >= 4 is 33.2 Å².